The minimum atomic E-state index is 0.997. The molecule has 1 N–H and O–H groups in total. The Labute approximate surface area is 86.0 Å². The first-order valence-electron chi connectivity index (χ1n) is 4.61. The largest absolute Gasteiger partial charge is 0.360 e. The first kappa shape index (κ1) is 8.11. The van der Waals surface area contributed by atoms with Gasteiger partial charge in [0.1, 0.15) is 6.33 Å². The average Bonchev–Trinajstić information content (AvgIpc) is 2.74. The summed E-state index contributed by atoms with van der Waals surface area (Å²) in [5, 5.41) is 1.09. The number of hydrogen-bond donors (Lipinski definition) is 1. The lowest BCUT2D eigenvalue weighted by atomic mass is 10.1. The van der Waals surface area contributed by atoms with Gasteiger partial charge in [-0.25, -0.2) is 9.97 Å². The van der Waals surface area contributed by atoms with Gasteiger partial charge in [0.05, 0.1) is 0 Å². The maximum absolute atomic E-state index is 4.11. The van der Waals surface area contributed by atoms with E-state index in [1.165, 1.54) is 6.33 Å². The fraction of sp³-hybridized carbons (Fsp3) is 0. The van der Waals surface area contributed by atoms with Crippen molar-refractivity contribution in [2.75, 3.05) is 0 Å². The fourth-order valence-electron chi connectivity index (χ4n) is 1.64. The molecule has 0 aliphatic carbocycles. The molecular weight excluding hydrogens is 188 g/mol. The number of pyridine rings is 1. The smallest absolute Gasteiger partial charge is 0.115 e. The Kier molecular flexibility index (Phi) is 1.71. The zero-order valence-corrected chi connectivity index (χ0v) is 7.88. The summed E-state index contributed by atoms with van der Waals surface area (Å²) in [6.07, 6.45) is 10.7. The molecule has 0 saturated carbocycles. The van der Waals surface area contributed by atoms with E-state index in [1.807, 2.05) is 18.5 Å². The van der Waals surface area contributed by atoms with Crippen molar-refractivity contribution in [2.45, 2.75) is 0 Å². The standard InChI is InChI=1S/C11H8N4/c1-2-12-5-10-9(6-15-11(1)10)8-3-13-7-14-4-8/h1-7,15H. The van der Waals surface area contributed by atoms with Crippen molar-refractivity contribution in [1.82, 2.24) is 19.9 Å². The number of nitrogens with zero attached hydrogens (tertiary/aromatic N) is 3. The maximum Gasteiger partial charge on any atom is 0.115 e. The van der Waals surface area contributed by atoms with Gasteiger partial charge in [-0.3, -0.25) is 4.98 Å². The first-order chi connectivity index (χ1) is 7.45. The Bertz CT molecular complexity index is 586. The van der Waals surface area contributed by atoms with Gasteiger partial charge in [0.15, 0.2) is 0 Å². The van der Waals surface area contributed by atoms with Crippen LogP contribution >= 0.6 is 0 Å². The van der Waals surface area contributed by atoms with Crippen LogP contribution < -0.4 is 0 Å². The third-order valence-electron chi connectivity index (χ3n) is 2.35. The molecule has 0 bridgehead atoms. The van der Waals surface area contributed by atoms with Gasteiger partial charge < -0.3 is 4.98 Å². The van der Waals surface area contributed by atoms with Crippen molar-refractivity contribution in [3.05, 3.63) is 43.4 Å². The summed E-state index contributed by atoms with van der Waals surface area (Å²) < 4.78 is 0. The van der Waals surface area contributed by atoms with Crippen LogP contribution in [0.15, 0.2) is 43.4 Å². The van der Waals surface area contributed by atoms with Crippen molar-refractivity contribution in [2.24, 2.45) is 0 Å². The maximum atomic E-state index is 4.11. The van der Waals surface area contributed by atoms with Crippen molar-refractivity contribution in [3.8, 4) is 11.1 Å². The molecule has 0 unspecified atom stereocenters. The Balaban J connectivity index is 2.28. The number of aromatic amines is 1. The van der Waals surface area contributed by atoms with Crippen LogP contribution in [0, 0.1) is 0 Å². The fourth-order valence-corrected chi connectivity index (χ4v) is 1.64. The lowest BCUT2D eigenvalue weighted by Crippen LogP contribution is -1.80. The van der Waals surface area contributed by atoms with Gasteiger partial charge in [-0.15, -0.1) is 0 Å². The van der Waals surface area contributed by atoms with E-state index < -0.39 is 0 Å². The summed E-state index contributed by atoms with van der Waals surface area (Å²) in [4.78, 5) is 15.3. The molecule has 15 heavy (non-hydrogen) atoms. The minimum absolute atomic E-state index is 0.997. The predicted octanol–water partition coefficient (Wildman–Crippen LogP) is 2.02. The zero-order valence-electron chi connectivity index (χ0n) is 7.88. The number of rotatable bonds is 1. The number of hydrogen-bond acceptors (Lipinski definition) is 3. The normalized spacial score (nSPS) is 10.7. The van der Waals surface area contributed by atoms with Crippen LogP contribution in [0.4, 0.5) is 0 Å². The van der Waals surface area contributed by atoms with Crippen LogP contribution in [-0.2, 0) is 0 Å². The second-order valence-electron chi connectivity index (χ2n) is 3.25. The second kappa shape index (κ2) is 3.16. The highest BCUT2D eigenvalue weighted by Gasteiger charge is 2.05. The van der Waals surface area contributed by atoms with E-state index in [9.17, 15) is 0 Å². The topological polar surface area (TPSA) is 54.5 Å². The van der Waals surface area contributed by atoms with Gasteiger partial charge in [0.2, 0.25) is 0 Å². The van der Waals surface area contributed by atoms with Crippen molar-refractivity contribution >= 4 is 10.9 Å². The highest BCUT2D eigenvalue weighted by molar-refractivity contribution is 5.94. The SMILES string of the molecule is c1cc2[nH]cc(-c3cncnc3)c2cn1. The van der Waals surface area contributed by atoms with Crippen molar-refractivity contribution in [1.29, 1.82) is 0 Å². The quantitative estimate of drug-likeness (QED) is 0.647. The van der Waals surface area contributed by atoms with Crippen LogP contribution in [0.25, 0.3) is 22.0 Å². The predicted molar refractivity (Wildman–Crippen MR) is 57.1 cm³/mol. The molecule has 0 fully saturated rings. The van der Waals surface area contributed by atoms with Gasteiger partial charge in [-0.1, -0.05) is 0 Å². The van der Waals surface area contributed by atoms with E-state index in [-0.39, 0.29) is 0 Å². The molecule has 3 aromatic heterocycles. The molecule has 0 aliphatic rings. The molecule has 0 spiro atoms. The third-order valence-corrected chi connectivity index (χ3v) is 2.35. The molecule has 3 aromatic rings. The lowest BCUT2D eigenvalue weighted by Gasteiger charge is -1.96. The van der Waals surface area contributed by atoms with E-state index in [1.54, 1.807) is 18.6 Å². The molecule has 0 saturated heterocycles. The summed E-state index contributed by atoms with van der Waals surface area (Å²) in [6.45, 7) is 0. The molecule has 3 rings (SSSR count). The average molecular weight is 196 g/mol. The Morgan fingerprint density at radius 1 is 1.00 bits per heavy atom. The summed E-state index contributed by atoms with van der Waals surface area (Å²) >= 11 is 0. The van der Waals surface area contributed by atoms with Crippen LogP contribution in [0.1, 0.15) is 0 Å². The van der Waals surface area contributed by atoms with Crippen LogP contribution in [0.3, 0.4) is 0 Å². The number of H-pyrrole nitrogens is 1. The summed E-state index contributed by atoms with van der Waals surface area (Å²) in [6, 6.07) is 1.95. The Morgan fingerprint density at radius 3 is 2.73 bits per heavy atom. The van der Waals surface area contributed by atoms with Crippen molar-refractivity contribution in [3.63, 3.8) is 0 Å². The summed E-state index contributed by atoms with van der Waals surface area (Å²) in [5.41, 5.74) is 3.15. The molecule has 72 valence electrons. The molecule has 4 heteroatoms. The molecular formula is C11H8N4. The molecule has 4 nitrogen and oxygen atoms in total. The summed E-state index contributed by atoms with van der Waals surface area (Å²) in [5.74, 6) is 0. The second-order valence-corrected chi connectivity index (χ2v) is 3.25. The first-order valence-corrected chi connectivity index (χ1v) is 4.61. The monoisotopic (exact) mass is 196 g/mol. The van der Waals surface area contributed by atoms with Gasteiger partial charge in [-0.2, -0.15) is 0 Å². The molecule has 0 amide bonds. The van der Waals surface area contributed by atoms with Crippen molar-refractivity contribution < 1.29 is 0 Å². The van der Waals surface area contributed by atoms with E-state index in [4.69, 9.17) is 0 Å². The van der Waals surface area contributed by atoms with Crippen LogP contribution in [0.5, 0.6) is 0 Å². The van der Waals surface area contributed by atoms with Crippen LogP contribution in [0.2, 0.25) is 0 Å². The van der Waals surface area contributed by atoms with Gasteiger partial charge in [-0.05, 0) is 6.07 Å². The molecule has 3 heterocycles. The van der Waals surface area contributed by atoms with E-state index in [0.717, 1.165) is 22.0 Å². The molecule has 0 aliphatic heterocycles. The molecule has 0 atom stereocenters. The Hall–Kier alpha value is -2.23. The van der Waals surface area contributed by atoms with Gasteiger partial charge in [0, 0.05) is 53.0 Å². The minimum Gasteiger partial charge on any atom is -0.360 e. The zero-order chi connectivity index (χ0) is 10.1. The van der Waals surface area contributed by atoms with E-state index >= 15 is 0 Å². The number of aromatic nitrogens is 4. The van der Waals surface area contributed by atoms with Crippen LogP contribution in [-0.4, -0.2) is 19.9 Å². The highest BCUT2D eigenvalue weighted by Crippen LogP contribution is 2.26. The van der Waals surface area contributed by atoms with Gasteiger partial charge >= 0.3 is 0 Å². The van der Waals surface area contributed by atoms with E-state index in [2.05, 4.69) is 19.9 Å². The highest BCUT2D eigenvalue weighted by atomic mass is 14.8. The number of fused-ring (bicyclic) bond motifs is 1. The lowest BCUT2D eigenvalue weighted by molar-refractivity contribution is 1.17. The third kappa shape index (κ3) is 1.27. The van der Waals surface area contributed by atoms with Gasteiger partial charge in [0.25, 0.3) is 0 Å². The molecule has 0 aromatic carbocycles. The summed E-state index contributed by atoms with van der Waals surface area (Å²) in [7, 11) is 0. The number of nitrogens with one attached hydrogen (secondary N) is 1. The van der Waals surface area contributed by atoms with E-state index in [0.29, 0.717) is 0 Å². The molecule has 0 radical (unpaired) electrons. The Morgan fingerprint density at radius 2 is 1.87 bits per heavy atom.